The monoisotopic (exact) mass is 342 g/mol. The van der Waals surface area contributed by atoms with E-state index in [-0.39, 0.29) is 11.2 Å². The van der Waals surface area contributed by atoms with Gasteiger partial charge in [0.1, 0.15) is 24.4 Å². The number of aliphatic hydroxyl groups is 4. The fraction of sp³-hybridized carbons (Fsp3) is 0.615. The molecule has 1 fully saturated rings. The Labute approximate surface area is 134 Å². The van der Waals surface area contributed by atoms with Crippen LogP contribution in [0.4, 0.5) is 0 Å². The van der Waals surface area contributed by atoms with Crippen LogP contribution >= 0.6 is 0 Å². The molecule has 11 heteroatoms. The normalized spacial score (nSPS) is 30.8. The van der Waals surface area contributed by atoms with Gasteiger partial charge in [0, 0.05) is 14.1 Å². The Morgan fingerprint density at radius 3 is 2.42 bits per heavy atom. The average Bonchev–Trinajstić information content (AvgIpc) is 3.01. The Balaban J connectivity index is 2.20. The van der Waals surface area contributed by atoms with Crippen LogP contribution in [0.15, 0.2) is 15.9 Å². The first-order chi connectivity index (χ1) is 11.3. The molecule has 3 rings (SSSR count). The topological polar surface area (TPSA) is 152 Å². The third kappa shape index (κ3) is 2.21. The average molecular weight is 342 g/mol. The van der Waals surface area contributed by atoms with Crippen LogP contribution in [0, 0.1) is 0 Å². The summed E-state index contributed by atoms with van der Waals surface area (Å²) in [6.45, 7) is -0.593. The van der Waals surface area contributed by atoms with E-state index in [2.05, 4.69) is 4.98 Å². The molecule has 2 aromatic rings. The maximum Gasteiger partial charge on any atom is 0.332 e. The molecule has 0 radical (unpaired) electrons. The summed E-state index contributed by atoms with van der Waals surface area (Å²) in [5.41, 5.74) is -1.14. The fourth-order valence-corrected chi connectivity index (χ4v) is 2.87. The van der Waals surface area contributed by atoms with Gasteiger partial charge < -0.3 is 25.2 Å². The standard InChI is InChI=1S/C13H18N4O7/c1-15-10-6(11(22)16(2)13(15)23)17(4-14-10)12-9(21)8(20)7(19)5(3-18)24-12/h4-5,7-9,12,18-21H,3H2,1-2H3. The first-order valence-electron chi connectivity index (χ1n) is 7.22. The van der Waals surface area contributed by atoms with Gasteiger partial charge in [0.05, 0.1) is 12.9 Å². The number of rotatable bonds is 2. The van der Waals surface area contributed by atoms with Crippen molar-refractivity contribution in [2.45, 2.75) is 30.6 Å². The molecule has 0 spiro atoms. The van der Waals surface area contributed by atoms with Crippen LogP contribution in [-0.2, 0) is 18.8 Å². The maximum absolute atomic E-state index is 12.4. The zero-order valence-electron chi connectivity index (χ0n) is 13.0. The van der Waals surface area contributed by atoms with Crippen LogP contribution in [0.25, 0.3) is 11.2 Å². The molecule has 0 amide bonds. The van der Waals surface area contributed by atoms with Gasteiger partial charge in [0.25, 0.3) is 5.56 Å². The van der Waals surface area contributed by atoms with Crippen molar-refractivity contribution in [3.8, 4) is 0 Å². The molecule has 1 aliphatic heterocycles. The van der Waals surface area contributed by atoms with E-state index in [1.165, 1.54) is 25.0 Å². The van der Waals surface area contributed by atoms with Gasteiger partial charge in [0.15, 0.2) is 17.4 Å². The first kappa shape index (κ1) is 16.8. The van der Waals surface area contributed by atoms with Gasteiger partial charge in [-0.3, -0.25) is 18.5 Å². The molecule has 11 nitrogen and oxygen atoms in total. The zero-order chi connectivity index (χ0) is 17.8. The Morgan fingerprint density at radius 1 is 1.12 bits per heavy atom. The zero-order valence-corrected chi connectivity index (χ0v) is 13.0. The van der Waals surface area contributed by atoms with Crippen molar-refractivity contribution in [3.05, 3.63) is 27.2 Å². The Hall–Kier alpha value is -2.05. The molecule has 24 heavy (non-hydrogen) atoms. The Bertz CT molecular complexity index is 883. The number of aliphatic hydroxyl groups excluding tert-OH is 4. The molecule has 1 saturated heterocycles. The number of imidazole rings is 1. The summed E-state index contributed by atoms with van der Waals surface area (Å²) in [4.78, 5) is 28.4. The van der Waals surface area contributed by atoms with Crippen LogP contribution in [0.3, 0.4) is 0 Å². The van der Waals surface area contributed by atoms with Crippen molar-refractivity contribution in [2.24, 2.45) is 14.1 Å². The number of aryl methyl sites for hydroxylation is 1. The molecule has 132 valence electrons. The number of hydrogen-bond donors (Lipinski definition) is 4. The molecule has 0 bridgehead atoms. The highest BCUT2D eigenvalue weighted by Crippen LogP contribution is 2.29. The minimum atomic E-state index is -1.59. The van der Waals surface area contributed by atoms with Crippen molar-refractivity contribution < 1.29 is 25.2 Å². The number of hydrogen-bond acceptors (Lipinski definition) is 8. The van der Waals surface area contributed by atoms with Gasteiger partial charge in [-0.25, -0.2) is 9.78 Å². The molecule has 5 unspecified atom stereocenters. The molecule has 0 aromatic carbocycles. The molecule has 0 saturated carbocycles. The quantitative estimate of drug-likeness (QED) is 0.437. The van der Waals surface area contributed by atoms with E-state index in [1.54, 1.807) is 0 Å². The van der Waals surface area contributed by atoms with Gasteiger partial charge >= 0.3 is 5.69 Å². The number of ether oxygens (including phenoxy) is 1. The minimum Gasteiger partial charge on any atom is -0.394 e. The second-order valence-corrected chi connectivity index (χ2v) is 5.75. The van der Waals surface area contributed by atoms with Crippen molar-refractivity contribution in [1.29, 1.82) is 0 Å². The van der Waals surface area contributed by atoms with Gasteiger partial charge in [-0.05, 0) is 0 Å². The minimum absolute atomic E-state index is 0.0103. The van der Waals surface area contributed by atoms with E-state index in [0.717, 1.165) is 9.13 Å². The molecule has 0 aliphatic carbocycles. The maximum atomic E-state index is 12.4. The van der Waals surface area contributed by atoms with E-state index in [0.29, 0.717) is 0 Å². The van der Waals surface area contributed by atoms with E-state index in [9.17, 15) is 30.0 Å². The summed E-state index contributed by atoms with van der Waals surface area (Å²) in [7, 11) is 2.74. The smallest absolute Gasteiger partial charge is 0.332 e. The van der Waals surface area contributed by atoms with Crippen LogP contribution in [0.1, 0.15) is 6.23 Å². The second-order valence-electron chi connectivity index (χ2n) is 5.75. The predicted octanol–water partition coefficient (Wildman–Crippen LogP) is -3.59. The largest absolute Gasteiger partial charge is 0.394 e. The third-order valence-corrected chi connectivity index (χ3v) is 4.31. The summed E-state index contributed by atoms with van der Waals surface area (Å²) < 4.78 is 8.65. The lowest BCUT2D eigenvalue weighted by Gasteiger charge is -2.40. The highest BCUT2D eigenvalue weighted by atomic mass is 16.6. The van der Waals surface area contributed by atoms with E-state index < -0.39 is 48.5 Å². The van der Waals surface area contributed by atoms with Crippen LogP contribution in [0.5, 0.6) is 0 Å². The van der Waals surface area contributed by atoms with E-state index in [4.69, 9.17) is 4.74 Å². The predicted molar refractivity (Wildman–Crippen MR) is 79.2 cm³/mol. The van der Waals surface area contributed by atoms with Crippen molar-refractivity contribution >= 4 is 11.2 Å². The Kier molecular flexibility index (Phi) is 4.05. The van der Waals surface area contributed by atoms with Gasteiger partial charge in [-0.2, -0.15) is 0 Å². The summed E-state index contributed by atoms with van der Waals surface area (Å²) >= 11 is 0. The molecular weight excluding hydrogens is 324 g/mol. The Morgan fingerprint density at radius 2 is 1.79 bits per heavy atom. The molecule has 3 heterocycles. The lowest BCUT2D eigenvalue weighted by Crippen LogP contribution is -2.56. The first-order valence-corrected chi connectivity index (χ1v) is 7.22. The molecule has 2 aromatic heterocycles. The third-order valence-electron chi connectivity index (χ3n) is 4.31. The van der Waals surface area contributed by atoms with Crippen LogP contribution in [-0.4, -0.2) is 70.1 Å². The van der Waals surface area contributed by atoms with Crippen molar-refractivity contribution in [1.82, 2.24) is 18.7 Å². The molecule has 1 aliphatic rings. The van der Waals surface area contributed by atoms with Gasteiger partial charge in [-0.15, -0.1) is 0 Å². The second kappa shape index (κ2) is 5.79. The van der Waals surface area contributed by atoms with Crippen molar-refractivity contribution in [3.63, 3.8) is 0 Å². The number of fused-ring (bicyclic) bond motifs is 1. The van der Waals surface area contributed by atoms with Crippen LogP contribution < -0.4 is 11.2 Å². The molecule has 4 N–H and O–H groups in total. The van der Waals surface area contributed by atoms with Crippen LogP contribution in [0.2, 0.25) is 0 Å². The van der Waals surface area contributed by atoms with Crippen molar-refractivity contribution in [2.75, 3.05) is 6.61 Å². The van der Waals surface area contributed by atoms with E-state index in [1.807, 2.05) is 0 Å². The van der Waals surface area contributed by atoms with E-state index >= 15 is 0 Å². The highest BCUT2D eigenvalue weighted by Gasteiger charge is 2.44. The lowest BCUT2D eigenvalue weighted by molar-refractivity contribution is -0.250. The number of nitrogens with zero attached hydrogens (tertiary/aromatic N) is 4. The highest BCUT2D eigenvalue weighted by molar-refractivity contribution is 5.70. The molecular formula is C13H18N4O7. The van der Waals surface area contributed by atoms with Gasteiger partial charge in [0.2, 0.25) is 0 Å². The summed E-state index contributed by atoms with van der Waals surface area (Å²) in [5, 5.41) is 39.2. The van der Waals surface area contributed by atoms with Gasteiger partial charge in [-0.1, -0.05) is 0 Å². The number of aromatic nitrogens is 4. The summed E-state index contributed by atoms with van der Waals surface area (Å²) in [6, 6.07) is 0. The summed E-state index contributed by atoms with van der Waals surface area (Å²) in [6.07, 6.45) is -5.86. The lowest BCUT2D eigenvalue weighted by atomic mass is 9.98. The molecule has 5 atom stereocenters. The SMILES string of the molecule is Cn1c(=O)c2c(ncn2C2OC(CO)C(O)C(O)C2O)n(C)c1=O. The fourth-order valence-electron chi connectivity index (χ4n) is 2.87. The summed E-state index contributed by atoms with van der Waals surface area (Å²) in [5.74, 6) is 0.